The van der Waals surface area contributed by atoms with Gasteiger partial charge in [-0.1, -0.05) is 44.8 Å². The zero-order valence-corrected chi connectivity index (χ0v) is 11.0. The molecule has 0 saturated carbocycles. The summed E-state index contributed by atoms with van der Waals surface area (Å²) in [6.45, 7) is 5.75. The molecule has 0 bridgehead atoms. The van der Waals surface area contributed by atoms with Crippen molar-refractivity contribution in [1.29, 1.82) is 0 Å². The summed E-state index contributed by atoms with van der Waals surface area (Å²) in [4.78, 5) is 10.8. The fourth-order valence-corrected chi connectivity index (χ4v) is 1.45. The molecule has 0 aromatic heterocycles. The number of allylic oxidation sites excluding steroid dienone is 2. The predicted molar refractivity (Wildman–Crippen MR) is 68.5 cm³/mol. The lowest BCUT2D eigenvalue weighted by Gasteiger charge is -2.15. The van der Waals surface area contributed by atoms with Crippen LogP contribution in [0.4, 0.5) is 0 Å². The molecule has 0 aliphatic heterocycles. The molecule has 0 unspecified atom stereocenters. The molecule has 0 aliphatic carbocycles. The van der Waals surface area contributed by atoms with Gasteiger partial charge in [-0.15, -0.1) is 0 Å². The minimum atomic E-state index is -0.722. The lowest BCUT2D eigenvalue weighted by molar-refractivity contribution is -0.146. The molecule has 0 spiro atoms. The molecule has 0 saturated heterocycles. The smallest absolute Gasteiger partial charge is 0.309 e. The number of aliphatic carboxylic acids is 1. The quantitative estimate of drug-likeness (QED) is 0.467. The van der Waals surface area contributed by atoms with Crippen LogP contribution in [0.1, 0.15) is 65.7 Å². The summed E-state index contributed by atoms with van der Waals surface area (Å²) >= 11 is 0. The molecule has 0 aliphatic rings. The Balaban J connectivity index is 3.51. The van der Waals surface area contributed by atoms with Gasteiger partial charge in [0.25, 0.3) is 0 Å². The first-order valence-electron chi connectivity index (χ1n) is 6.39. The predicted octanol–water partition coefficient (Wildman–Crippen LogP) is 4.40. The van der Waals surface area contributed by atoms with E-state index in [0.717, 1.165) is 6.42 Å². The minimum Gasteiger partial charge on any atom is -0.481 e. The van der Waals surface area contributed by atoms with Gasteiger partial charge in [-0.2, -0.15) is 0 Å². The summed E-state index contributed by atoms with van der Waals surface area (Å²) in [5.74, 6) is -0.722. The minimum absolute atomic E-state index is 0.622. The first kappa shape index (κ1) is 15.2. The van der Waals surface area contributed by atoms with Crippen LogP contribution in [0.5, 0.6) is 0 Å². The molecule has 2 heteroatoms. The van der Waals surface area contributed by atoms with Crippen molar-refractivity contribution in [2.45, 2.75) is 65.7 Å². The van der Waals surface area contributed by atoms with Crippen LogP contribution in [0.15, 0.2) is 12.2 Å². The van der Waals surface area contributed by atoms with Crippen molar-refractivity contribution in [3.05, 3.63) is 12.2 Å². The molecular weight excluding hydrogens is 200 g/mol. The molecule has 94 valence electrons. The summed E-state index contributed by atoms with van der Waals surface area (Å²) in [6, 6.07) is 0. The van der Waals surface area contributed by atoms with Crippen LogP contribution in [-0.2, 0) is 4.79 Å². The van der Waals surface area contributed by atoms with Crippen LogP contribution in [-0.4, -0.2) is 11.1 Å². The number of carboxylic acid groups (broad SMARTS) is 1. The van der Waals surface area contributed by atoms with Gasteiger partial charge >= 0.3 is 5.97 Å². The molecule has 0 radical (unpaired) electrons. The highest BCUT2D eigenvalue weighted by molar-refractivity contribution is 5.73. The Morgan fingerprint density at radius 1 is 1.12 bits per heavy atom. The second-order valence-electron chi connectivity index (χ2n) is 5.07. The highest BCUT2D eigenvalue weighted by Crippen LogP contribution is 2.21. The van der Waals surface area contributed by atoms with Crippen LogP contribution in [0.25, 0.3) is 0 Å². The topological polar surface area (TPSA) is 37.3 Å². The van der Waals surface area contributed by atoms with Crippen molar-refractivity contribution in [1.82, 2.24) is 0 Å². The third kappa shape index (κ3) is 7.49. The first-order chi connectivity index (χ1) is 7.50. The standard InChI is InChI=1S/C14H26O2/c1-4-5-6-7-8-9-10-11-12-14(2,3)13(15)16/h10-11H,4-9,12H2,1-3H3,(H,15,16). The third-order valence-electron chi connectivity index (χ3n) is 2.85. The summed E-state index contributed by atoms with van der Waals surface area (Å²) in [6.07, 6.45) is 12.3. The molecule has 0 atom stereocenters. The molecule has 0 fully saturated rings. The Hall–Kier alpha value is -0.790. The van der Waals surface area contributed by atoms with Crippen molar-refractivity contribution < 1.29 is 9.90 Å². The second kappa shape index (κ2) is 8.37. The van der Waals surface area contributed by atoms with E-state index in [1.54, 1.807) is 13.8 Å². The van der Waals surface area contributed by atoms with Crippen molar-refractivity contribution >= 4 is 5.97 Å². The largest absolute Gasteiger partial charge is 0.481 e. The van der Waals surface area contributed by atoms with Gasteiger partial charge in [-0.05, 0) is 33.1 Å². The number of rotatable bonds is 9. The maximum atomic E-state index is 10.8. The Kier molecular flexibility index (Phi) is 7.96. The maximum absolute atomic E-state index is 10.8. The van der Waals surface area contributed by atoms with E-state index in [1.165, 1.54) is 32.1 Å². The van der Waals surface area contributed by atoms with Gasteiger partial charge in [0.1, 0.15) is 0 Å². The lowest BCUT2D eigenvalue weighted by Crippen LogP contribution is -2.22. The Morgan fingerprint density at radius 2 is 1.75 bits per heavy atom. The fraction of sp³-hybridized carbons (Fsp3) is 0.786. The number of carbonyl (C=O) groups is 1. The van der Waals surface area contributed by atoms with E-state index in [0.29, 0.717) is 6.42 Å². The zero-order valence-electron chi connectivity index (χ0n) is 11.0. The van der Waals surface area contributed by atoms with Crippen LogP contribution in [0, 0.1) is 5.41 Å². The monoisotopic (exact) mass is 226 g/mol. The lowest BCUT2D eigenvalue weighted by atomic mass is 9.89. The molecule has 0 rings (SSSR count). The molecule has 0 aromatic rings. The van der Waals surface area contributed by atoms with Gasteiger partial charge in [-0.3, -0.25) is 4.79 Å². The van der Waals surface area contributed by atoms with Crippen LogP contribution < -0.4 is 0 Å². The summed E-state index contributed by atoms with van der Waals surface area (Å²) in [5.41, 5.74) is -0.626. The van der Waals surface area contributed by atoms with Crippen molar-refractivity contribution in [2.75, 3.05) is 0 Å². The molecule has 2 nitrogen and oxygen atoms in total. The highest BCUT2D eigenvalue weighted by Gasteiger charge is 2.24. The average Bonchev–Trinajstić information content (AvgIpc) is 2.21. The van der Waals surface area contributed by atoms with Gasteiger partial charge in [0.15, 0.2) is 0 Å². The Bertz CT molecular complexity index is 217. The molecule has 16 heavy (non-hydrogen) atoms. The highest BCUT2D eigenvalue weighted by atomic mass is 16.4. The van der Waals surface area contributed by atoms with E-state index in [9.17, 15) is 4.79 Å². The number of unbranched alkanes of at least 4 members (excludes halogenated alkanes) is 5. The second-order valence-corrected chi connectivity index (χ2v) is 5.07. The summed E-state index contributed by atoms with van der Waals surface area (Å²) < 4.78 is 0. The van der Waals surface area contributed by atoms with Crippen LogP contribution >= 0.6 is 0 Å². The van der Waals surface area contributed by atoms with E-state index in [2.05, 4.69) is 13.0 Å². The van der Waals surface area contributed by atoms with Crippen molar-refractivity contribution in [3.8, 4) is 0 Å². The summed E-state index contributed by atoms with van der Waals surface area (Å²) in [5, 5.41) is 8.91. The average molecular weight is 226 g/mol. The molecular formula is C14H26O2. The number of hydrogen-bond donors (Lipinski definition) is 1. The normalized spacial score (nSPS) is 12.2. The Labute approximate surface area is 99.7 Å². The molecule has 0 aromatic carbocycles. The maximum Gasteiger partial charge on any atom is 0.309 e. The molecule has 0 heterocycles. The van der Waals surface area contributed by atoms with E-state index < -0.39 is 11.4 Å². The van der Waals surface area contributed by atoms with Gasteiger partial charge in [0.05, 0.1) is 5.41 Å². The van der Waals surface area contributed by atoms with E-state index in [1.807, 2.05) is 6.08 Å². The third-order valence-corrected chi connectivity index (χ3v) is 2.85. The fourth-order valence-electron chi connectivity index (χ4n) is 1.45. The van der Waals surface area contributed by atoms with Crippen LogP contribution in [0.3, 0.4) is 0 Å². The molecule has 0 amide bonds. The SMILES string of the molecule is CCCCCCCC=CCC(C)(C)C(=O)O. The number of carboxylic acids is 1. The van der Waals surface area contributed by atoms with Gasteiger partial charge in [0, 0.05) is 0 Å². The van der Waals surface area contributed by atoms with E-state index in [-0.39, 0.29) is 0 Å². The summed E-state index contributed by atoms with van der Waals surface area (Å²) in [7, 11) is 0. The van der Waals surface area contributed by atoms with Gasteiger partial charge in [-0.25, -0.2) is 0 Å². The zero-order chi connectivity index (χ0) is 12.4. The van der Waals surface area contributed by atoms with Gasteiger partial charge < -0.3 is 5.11 Å². The van der Waals surface area contributed by atoms with Crippen molar-refractivity contribution in [3.63, 3.8) is 0 Å². The Morgan fingerprint density at radius 3 is 2.31 bits per heavy atom. The molecule has 1 N–H and O–H groups in total. The van der Waals surface area contributed by atoms with E-state index in [4.69, 9.17) is 5.11 Å². The number of hydrogen-bond acceptors (Lipinski definition) is 1. The van der Waals surface area contributed by atoms with E-state index >= 15 is 0 Å². The van der Waals surface area contributed by atoms with Crippen LogP contribution in [0.2, 0.25) is 0 Å². The van der Waals surface area contributed by atoms with Gasteiger partial charge in [0.2, 0.25) is 0 Å². The van der Waals surface area contributed by atoms with Crippen molar-refractivity contribution in [2.24, 2.45) is 5.41 Å². The first-order valence-corrected chi connectivity index (χ1v) is 6.39.